The molecule has 0 aliphatic carbocycles. The van der Waals surface area contributed by atoms with Crippen LogP contribution in [0.5, 0.6) is 0 Å². The zero-order valence-electron chi connectivity index (χ0n) is 8.81. The smallest absolute Gasteiger partial charge is 0.273 e. The van der Waals surface area contributed by atoms with Gasteiger partial charge in [-0.05, 0) is 12.1 Å². The van der Waals surface area contributed by atoms with Crippen LogP contribution in [0.4, 0.5) is 5.82 Å². The van der Waals surface area contributed by atoms with Gasteiger partial charge in [-0.25, -0.2) is 0 Å². The van der Waals surface area contributed by atoms with E-state index in [0.717, 1.165) is 10.9 Å². The van der Waals surface area contributed by atoms with Crippen molar-refractivity contribution < 1.29 is 9.32 Å². The molecule has 2 heterocycles. The average molecular weight is 227 g/mol. The second kappa shape index (κ2) is 3.79. The normalized spacial score (nSPS) is 10.6. The van der Waals surface area contributed by atoms with Gasteiger partial charge in [0.15, 0.2) is 5.82 Å². The third kappa shape index (κ3) is 1.78. The quantitative estimate of drug-likeness (QED) is 0.706. The first-order valence-corrected chi connectivity index (χ1v) is 5.12. The number of amides is 1. The molecule has 0 bridgehead atoms. The summed E-state index contributed by atoms with van der Waals surface area (Å²) in [6, 6.07) is 11.1. The first kappa shape index (κ1) is 9.65. The maximum atomic E-state index is 11.9. The molecule has 0 fully saturated rings. The molecule has 2 aromatic heterocycles. The molecule has 1 aromatic carbocycles. The Hall–Kier alpha value is -2.56. The lowest BCUT2D eigenvalue weighted by atomic mass is 10.2. The third-order valence-electron chi connectivity index (χ3n) is 2.45. The molecule has 17 heavy (non-hydrogen) atoms. The molecule has 0 atom stereocenters. The molecule has 5 heteroatoms. The number of aromatic amines is 1. The summed E-state index contributed by atoms with van der Waals surface area (Å²) < 4.78 is 4.64. The number of benzene rings is 1. The molecular weight excluding hydrogens is 218 g/mol. The number of hydrogen-bond donors (Lipinski definition) is 2. The number of rotatable bonds is 2. The van der Waals surface area contributed by atoms with Crippen molar-refractivity contribution in [3.05, 3.63) is 48.4 Å². The van der Waals surface area contributed by atoms with E-state index in [9.17, 15) is 4.79 Å². The minimum absolute atomic E-state index is 0.241. The average Bonchev–Trinajstić information content (AvgIpc) is 2.96. The Morgan fingerprint density at radius 3 is 2.94 bits per heavy atom. The number of para-hydroxylation sites is 1. The summed E-state index contributed by atoms with van der Waals surface area (Å²) in [5, 5.41) is 7.24. The highest BCUT2D eigenvalue weighted by Crippen LogP contribution is 2.15. The number of hydrogen-bond acceptors (Lipinski definition) is 3. The van der Waals surface area contributed by atoms with Crippen LogP contribution >= 0.6 is 0 Å². The van der Waals surface area contributed by atoms with Gasteiger partial charge in [0, 0.05) is 17.0 Å². The number of aromatic nitrogens is 2. The van der Waals surface area contributed by atoms with Gasteiger partial charge in [-0.15, -0.1) is 0 Å². The summed E-state index contributed by atoms with van der Waals surface area (Å²) >= 11 is 0. The lowest BCUT2D eigenvalue weighted by molar-refractivity contribution is 0.102. The van der Waals surface area contributed by atoms with Crippen molar-refractivity contribution in [1.82, 2.24) is 10.1 Å². The summed E-state index contributed by atoms with van der Waals surface area (Å²) in [4.78, 5) is 14.9. The molecule has 1 amide bonds. The number of nitrogens with one attached hydrogen (secondary N) is 2. The van der Waals surface area contributed by atoms with Gasteiger partial charge >= 0.3 is 0 Å². The van der Waals surface area contributed by atoms with Crippen LogP contribution in [-0.2, 0) is 0 Å². The summed E-state index contributed by atoms with van der Waals surface area (Å²) in [6.45, 7) is 0. The van der Waals surface area contributed by atoms with Crippen molar-refractivity contribution in [3.8, 4) is 0 Å². The number of fused-ring (bicyclic) bond motifs is 1. The Morgan fingerprint density at radius 2 is 2.18 bits per heavy atom. The lowest BCUT2D eigenvalue weighted by Crippen LogP contribution is -2.12. The Bertz CT molecular complexity index is 622. The molecular formula is C12H9N3O2. The van der Waals surface area contributed by atoms with Crippen LogP contribution in [0, 0.1) is 0 Å². The van der Waals surface area contributed by atoms with Crippen LogP contribution in [0.15, 0.2) is 47.2 Å². The third-order valence-corrected chi connectivity index (χ3v) is 2.45. The van der Waals surface area contributed by atoms with Gasteiger partial charge in [0.1, 0.15) is 12.0 Å². The van der Waals surface area contributed by atoms with E-state index in [1.54, 1.807) is 12.1 Å². The maximum absolute atomic E-state index is 11.9. The largest absolute Gasteiger partial charge is 0.363 e. The number of anilines is 1. The number of nitrogens with zero attached hydrogens (tertiary/aromatic N) is 1. The van der Waals surface area contributed by atoms with E-state index in [1.807, 2.05) is 24.3 Å². The van der Waals surface area contributed by atoms with Crippen molar-refractivity contribution in [2.45, 2.75) is 0 Å². The summed E-state index contributed by atoms with van der Waals surface area (Å²) in [7, 11) is 0. The van der Waals surface area contributed by atoms with Gasteiger partial charge in [-0.1, -0.05) is 23.4 Å². The molecule has 3 rings (SSSR count). The molecule has 0 unspecified atom stereocenters. The second-order valence-corrected chi connectivity index (χ2v) is 3.61. The Morgan fingerprint density at radius 1 is 1.29 bits per heavy atom. The predicted molar refractivity (Wildman–Crippen MR) is 62.8 cm³/mol. The molecule has 0 aliphatic rings. The van der Waals surface area contributed by atoms with E-state index in [-0.39, 0.29) is 5.91 Å². The van der Waals surface area contributed by atoms with Gasteiger partial charge in [0.25, 0.3) is 5.91 Å². The van der Waals surface area contributed by atoms with Crippen molar-refractivity contribution in [1.29, 1.82) is 0 Å². The predicted octanol–water partition coefficient (Wildman–Crippen LogP) is 2.41. The van der Waals surface area contributed by atoms with E-state index in [2.05, 4.69) is 20.0 Å². The van der Waals surface area contributed by atoms with Crippen molar-refractivity contribution in [2.24, 2.45) is 0 Å². The first-order valence-electron chi connectivity index (χ1n) is 5.12. The number of carbonyl (C=O) groups is 1. The fourth-order valence-electron chi connectivity index (χ4n) is 1.66. The van der Waals surface area contributed by atoms with E-state index in [4.69, 9.17) is 0 Å². The molecule has 0 saturated heterocycles. The van der Waals surface area contributed by atoms with Crippen LogP contribution in [0.3, 0.4) is 0 Å². The van der Waals surface area contributed by atoms with Gasteiger partial charge in [0.2, 0.25) is 0 Å². The first-order chi connectivity index (χ1) is 8.33. The van der Waals surface area contributed by atoms with Crippen LogP contribution in [0.1, 0.15) is 10.5 Å². The SMILES string of the molecule is O=C(Nc1ccon1)c1cc2ccccc2[nH]1. The molecule has 84 valence electrons. The lowest BCUT2D eigenvalue weighted by Gasteiger charge is -1.96. The summed E-state index contributed by atoms with van der Waals surface area (Å²) in [5.74, 6) is 0.156. The van der Waals surface area contributed by atoms with Gasteiger partial charge < -0.3 is 14.8 Å². The zero-order valence-corrected chi connectivity index (χ0v) is 8.81. The Labute approximate surface area is 96.4 Å². The molecule has 0 aliphatic heterocycles. The molecule has 0 spiro atoms. The zero-order chi connectivity index (χ0) is 11.7. The minimum Gasteiger partial charge on any atom is -0.363 e. The molecule has 3 aromatic rings. The van der Waals surface area contributed by atoms with Crippen LogP contribution in [0.2, 0.25) is 0 Å². The van der Waals surface area contributed by atoms with E-state index in [0.29, 0.717) is 11.5 Å². The van der Waals surface area contributed by atoms with E-state index in [1.165, 1.54) is 6.26 Å². The maximum Gasteiger partial charge on any atom is 0.273 e. The number of H-pyrrole nitrogens is 1. The van der Waals surface area contributed by atoms with Crippen LogP contribution < -0.4 is 5.32 Å². The highest BCUT2D eigenvalue weighted by Gasteiger charge is 2.10. The molecule has 5 nitrogen and oxygen atoms in total. The second-order valence-electron chi connectivity index (χ2n) is 3.61. The Balaban J connectivity index is 1.90. The van der Waals surface area contributed by atoms with E-state index >= 15 is 0 Å². The molecule has 0 radical (unpaired) electrons. The van der Waals surface area contributed by atoms with E-state index < -0.39 is 0 Å². The minimum atomic E-state index is -0.241. The van der Waals surface area contributed by atoms with Crippen molar-refractivity contribution >= 4 is 22.6 Å². The molecule has 2 N–H and O–H groups in total. The Kier molecular flexibility index (Phi) is 2.15. The summed E-state index contributed by atoms with van der Waals surface area (Å²) in [5.41, 5.74) is 1.42. The summed E-state index contributed by atoms with van der Waals surface area (Å²) in [6.07, 6.45) is 1.40. The molecule has 0 saturated carbocycles. The number of carbonyl (C=O) groups excluding carboxylic acids is 1. The highest BCUT2D eigenvalue weighted by atomic mass is 16.5. The van der Waals surface area contributed by atoms with Gasteiger partial charge in [0.05, 0.1) is 0 Å². The van der Waals surface area contributed by atoms with Crippen molar-refractivity contribution in [2.75, 3.05) is 5.32 Å². The van der Waals surface area contributed by atoms with Crippen LogP contribution in [0.25, 0.3) is 10.9 Å². The van der Waals surface area contributed by atoms with Crippen LogP contribution in [-0.4, -0.2) is 16.0 Å². The standard InChI is InChI=1S/C12H9N3O2/c16-12(14-11-5-6-17-15-11)10-7-8-3-1-2-4-9(8)13-10/h1-7,13H,(H,14,15,16). The topological polar surface area (TPSA) is 70.9 Å². The monoisotopic (exact) mass is 227 g/mol. The van der Waals surface area contributed by atoms with Crippen molar-refractivity contribution in [3.63, 3.8) is 0 Å². The van der Waals surface area contributed by atoms with Gasteiger partial charge in [-0.3, -0.25) is 4.79 Å². The fourth-order valence-corrected chi connectivity index (χ4v) is 1.66. The fraction of sp³-hybridized carbons (Fsp3) is 0. The highest BCUT2D eigenvalue weighted by molar-refractivity contribution is 6.05. The van der Waals surface area contributed by atoms with Gasteiger partial charge in [-0.2, -0.15) is 0 Å².